The average Bonchev–Trinajstić information content (AvgIpc) is 3.55. The molecule has 1 saturated heterocycles. The van der Waals surface area contributed by atoms with Gasteiger partial charge >= 0.3 is 6.09 Å². The Hall–Kier alpha value is -3.94. The number of anilines is 2. The second-order valence-corrected chi connectivity index (χ2v) is 10.8. The van der Waals surface area contributed by atoms with Crippen molar-refractivity contribution in [2.24, 2.45) is 0 Å². The van der Waals surface area contributed by atoms with Gasteiger partial charge in [-0.1, -0.05) is 12.8 Å². The fourth-order valence-corrected chi connectivity index (χ4v) is 5.13. The average molecular weight is 505 g/mol. The van der Waals surface area contributed by atoms with Gasteiger partial charge in [-0.05, 0) is 52.5 Å². The van der Waals surface area contributed by atoms with E-state index in [9.17, 15) is 14.9 Å². The molecule has 4 heterocycles. The molecule has 0 spiro atoms. The molecular formula is C26H32N8O3. The molecule has 0 radical (unpaired) electrons. The first-order valence-electron chi connectivity index (χ1n) is 12.8. The van der Waals surface area contributed by atoms with Crippen molar-refractivity contribution in [3.63, 3.8) is 0 Å². The van der Waals surface area contributed by atoms with Crippen molar-refractivity contribution >= 4 is 28.8 Å². The van der Waals surface area contributed by atoms with Crippen molar-refractivity contribution in [1.29, 1.82) is 5.26 Å². The minimum absolute atomic E-state index is 0.0420. The van der Waals surface area contributed by atoms with Gasteiger partial charge in [-0.3, -0.25) is 14.0 Å². The van der Waals surface area contributed by atoms with Crippen LogP contribution in [-0.4, -0.2) is 54.0 Å². The van der Waals surface area contributed by atoms with Crippen LogP contribution in [0.4, 0.5) is 16.4 Å². The van der Waals surface area contributed by atoms with Crippen molar-refractivity contribution in [1.82, 2.24) is 29.2 Å². The highest BCUT2D eigenvalue weighted by Gasteiger charge is 2.28. The van der Waals surface area contributed by atoms with Gasteiger partial charge in [0.25, 0.3) is 5.56 Å². The van der Waals surface area contributed by atoms with Crippen LogP contribution in [0.25, 0.3) is 11.0 Å². The van der Waals surface area contributed by atoms with Gasteiger partial charge in [0.1, 0.15) is 22.9 Å². The van der Waals surface area contributed by atoms with E-state index in [0.717, 1.165) is 44.2 Å². The predicted octanol–water partition coefficient (Wildman–Crippen LogP) is 4.29. The summed E-state index contributed by atoms with van der Waals surface area (Å²) in [5.41, 5.74) is 0.581. The number of piperidine rings is 1. The molecule has 3 aromatic heterocycles. The van der Waals surface area contributed by atoms with Crippen LogP contribution in [0.2, 0.25) is 0 Å². The zero-order chi connectivity index (χ0) is 26.2. The Labute approximate surface area is 215 Å². The summed E-state index contributed by atoms with van der Waals surface area (Å²) >= 11 is 0. The minimum atomic E-state index is -0.509. The van der Waals surface area contributed by atoms with E-state index in [4.69, 9.17) is 4.74 Å². The maximum atomic E-state index is 13.0. The largest absolute Gasteiger partial charge is 0.444 e. The minimum Gasteiger partial charge on any atom is -0.444 e. The van der Waals surface area contributed by atoms with E-state index < -0.39 is 5.60 Å². The van der Waals surface area contributed by atoms with Crippen LogP contribution in [0.5, 0.6) is 0 Å². The first-order valence-corrected chi connectivity index (χ1v) is 12.8. The van der Waals surface area contributed by atoms with Crippen molar-refractivity contribution in [2.75, 3.05) is 18.4 Å². The fourth-order valence-electron chi connectivity index (χ4n) is 5.13. The second-order valence-electron chi connectivity index (χ2n) is 10.8. The Morgan fingerprint density at radius 2 is 1.86 bits per heavy atom. The molecule has 0 bridgehead atoms. The Balaban J connectivity index is 1.31. The SMILES string of the molecule is CC(C)(C)OC(=O)N1CCC(n2cc(Nc3ncc4cc(C#N)c(=O)n(C5CCCC5)c4n3)cn2)CC1. The third kappa shape index (κ3) is 5.28. The lowest BCUT2D eigenvalue weighted by molar-refractivity contribution is 0.0185. The van der Waals surface area contributed by atoms with Gasteiger partial charge < -0.3 is 15.0 Å². The van der Waals surface area contributed by atoms with Crippen molar-refractivity contribution in [3.8, 4) is 6.07 Å². The first kappa shape index (κ1) is 24.7. The van der Waals surface area contributed by atoms with E-state index in [1.807, 2.05) is 37.7 Å². The van der Waals surface area contributed by atoms with Crippen LogP contribution in [-0.2, 0) is 4.74 Å². The Bertz CT molecular complexity index is 1400. The summed E-state index contributed by atoms with van der Waals surface area (Å²) in [5.74, 6) is 0.364. The van der Waals surface area contributed by atoms with Gasteiger partial charge in [-0.25, -0.2) is 9.78 Å². The molecule has 3 aromatic rings. The smallest absolute Gasteiger partial charge is 0.410 e. The van der Waals surface area contributed by atoms with Gasteiger partial charge in [-0.2, -0.15) is 15.3 Å². The number of nitriles is 1. The molecule has 11 nitrogen and oxygen atoms in total. The van der Waals surface area contributed by atoms with E-state index >= 15 is 0 Å². The molecule has 1 N–H and O–H groups in total. The molecule has 1 aliphatic heterocycles. The molecule has 37 heavy (non-hydrogen) atoms. The molecule has 2 fully saturated rings. The van der Waals surface area contributed by atoms with E-state index in [-0.39, 0.29) is 29.3 Å². The summed E-state index contributed by atoms with van der Waals surface area (Å²) in [7, 11) is 0. The Morgan fingerprint density at radius 1 is 1.14 bits per heavy atom. The van der Waals surface area contributed by atoms with Crippen molar-refractivity contribution in [3.05, 3.63) is 40.6 Å². The molecule has 1 aliphatic carbocycles. The maximum Gasteiger partial charge on any atom is 0.410 e. The quantitative estimate of drug-likeness (QED) is 0.557. The number of amides is 1. The Morgan fingerprint density at radius 3 is 2.54 bits per heavy atom. The molecular weight excluding hydrogens is 472 g/mol. The fraction of sp³-hybridized carbons (Fsp3) is 0.538. The lowest BCUT2D eigenvalue weighted by atomic mass is 10.1. The van der Waals surface area contributed by atoms with Crippen LogP contribution >= 0.6 is 0 Å². The van der Waals surface area contributed by atoms with Gasteiger partial charge in [-0.15, -0.1) is 0 Å². The lowest BCUT2D eigenvalue weighted by Gasteiger charge is -2.33. The molecule has 0 atom stereocenters. The molecule has 194 valence electrons. The molecule has 5 rings (SSSR count). The van der Waals surface area contributed by atoms with Crippen LogP contribution in [0.1, 0.15) is 76.9 Å². The highest BCUT2D eigenvalue weighted by molar-refractivity contribution is 5.77. The van der Waals surface area contributed by atoms with E-state index in [0.29, 0.717) is 30.1 Å². The third-order valence-corrected chi connectivity index (χ3v) is 6.93. The molecule has 1 amide bonds. The van der Waals surface area contributed by atoms with Gasteiger partial charge in [0.2, 0.25) is 5.95 Å². The highest BCUT2D eigenvalue weighted by atomic mass is 16.6. The first-order chi connectivity index (χ1) is 17.7. The normalized spacial score (nSPS) is 17.2. The molecule has 2 aliphatic rings. The van der Waals surface area contributed by atoms with Crippen molar-refractivity contribution < 1.29 is 9.53 Å². The summed E-state index contributed by atoms with van der Waals surface area (Å²) in [6, 6.07) is 3.79. The summed E-state index contributed by atoms with van der Waals surface area (Å²) in [5, 5.41) is 17.8. The summed E-state index contributed by atoms with van der Waals surface area (Å²) < 4.78 is 9.07. The number of nitrogens with one attached hydrogen (secondary N) is 1. The van der Waals surface area contributed by atoms with Gasteiger partial charge in [0.15, 0.2) is 0 Å². The molecule has 11 heteroatoms. The van der Waals surface area contributed by atoms with Gasteiger partial charge in [0.05, 0.1) is 17.9 Å². The van der Waals surface area contributed by atoms with Crippen LogP contribution < -0.4 is 10.9 Å². The topological polar surface area (TPSA) is 131 Å². The summed E-state index contributed by atoms with van der Waals surface area (Å²) in [4.78, 5) is 36.2. The highest BCUT2D eigenvalue weighted by Crippen LogP contribution is 2.31. The number of hydrogen-bond donors (Lipinski definition) is 1. The monoisotopic (exact) mass is 504 g/mol. The van der Waals surface area contributed by atoms with Gasteiger partial charge in [0, 0.05) is 36.9 Å². The lowest BCUT2D eigenvalue weighted by Crippen LogP contribution is -2.42. The number of fused-ring (bicyclic) bond motifs is 1. The van der Waals surface area contributed by atoms with E-state index in [1.165, 1.54) is 0 Å². The van der Waals surface area contributed by atoms with E-state index in [2.05, 4.69) is 20.4 Å². The number of hydrogen-bond acceptors (Lipinski definition) is 8. The summed E-state index contributed by atoms with van der Waals surface area (Å²) in [6.07, 6.45) is 10.5. The van der Waals surface area contributed by atoms with Crippen LogP contribution in [0.3, 0.4) is 0 Å². The Kier molecular flexibility index (Phi) is 6.58. The zero-order valence-electron chi connectivity index (χ0n) is 21.5. The predicted molar refractivity (Wildman–Crippen MR) is 138 cm³/mol. The number of carbonyl (C=O) groups is 1. The van der Waals surface area contributed by atoms with Crippen LogP contribution in [0.15, 0.2) is 29.5 Å². The number of likely N-dealkylation sites (tertiary alicyclic amines) is 1. The zero-order valence-corrected chi connectivity index (χ0v) is 21.5. The second kappa shape index (κ2) is 9.84. The van der Waals surface area contributed by atoms with Crippen LogP contribution in [0, 0.1) is 11.3 Å². The number of rotatable bonds is 4. The molecule has 0 aromatic carbocycles. The number of nitrogens with zero attached hydrogens (tertiary/aromatic N) is 7. The number of aromatic nitrogens is 5. The number of pyridine rings is 1. The molecule has 0 unspecified atom stereocenters. The third-order valence-electron chi connectivity index (χ3n) is 6.93. The van der Waals surface area contributed by atoms with E-state index in [1.54, 1.807) is 27.9 Å². The van der Waals surface area contributed by atoms with Crippen molar-refractivity contribution in [2.45, 2.75) is 77.0 Å². The molecule has 1 saturated carbocycles. The standard InChI is InChI=1S/C26H32N8O3/c1-26(2,3)37-25(36)32-10-8-20(9-11-32)33-16-19(15-29-33)30-24-28-14-18-12-17(13-27)23(35)34(22(18)31-24)21-6-4-5-7-21/h12,14-16,20-21H,4-11H2,1-3H3,(H,28,30,31). The maximum absolute atomic E-state index is 13.0. The number of ether oxygens (including phenoxy) is 1. The summed E-state index contributed by atoms with van der Waals surface area (Å²) in [6.45, 7) is 6.82. The number of carbonyl (C=O) groups excluding carboxylic acids is 1.